The lowest BCUT2D eigenvalue weighted by molar-refractivity contribution is -0.120. The summed E-state index contributed by atoms with van der Waals surface area (Å²) in [6.45, 7) is 0.0760. The Morgan fingerprint density at radius 1 is 0.694 bits per heavy atom. The molecular formula is C31H28NO3P. The number of nitrogens with zero attached hydrogens (tertiary/aromatic N) is 1. The molecule has 0 aromatic heterocycles. The zero-order valence-corrected chi connectivity index (χ0v) is 21.1. The Kier molecular flexibility index (Phi) is 6.88. The third kappa shape index (κ3) is 4.19. The number of anilines is 1. The van der Waals surface area contributed by atoms with Crippen molar-refractivity contribution in [1.82, 2.24) is 0 Å². The number of hydrogen-bond acceptors (Lipinski definition) is 3. The van der Waals surface area contributed by atoms with E-state index in [2.05, 4.69) is 43.3 Å². The van der Waals surface area contributed by atoms with Gasteiger partial charge >= 0.3 is 0 Å². The van der Waals surface area contributed by atoms with Crippen LogP contribution in [0.1, 0.15) is 19.8 Å². The van der Waals surface area contributed by atoms with Gasteiger partial charge in [-0.3, -0.25) is 9.59 Å². The third-order valence-electron chi connectivity index (χ3n) is 6.42. The number of carbonyl (C=O) groups excluding carboxylic acids is 2. The quantitative estimate of drug-likeness (QED) is 0.272. The van der Waals surface area contributed by atoms with Gasteiger partial charge in [-0.1, -0.05) is 97.9 Å². The molecule has 4 aromatic carbocycles. The normalized spacial score (nSPS) is 13.8. The number of hydrogen-bond donors (Lipinski definition) is 0. The fourth-order valence-electron chi connectivity index (χ4n) is 4.84. The van der Waals surface area contributed by atoms with E-state index >= 15 is 0 Å². The van der Waals surface area contributed by atoms with Crippen molar-refractivity contribution in [2.75, 3.05) is 11.5 Å². The first-order chi connectivity index (χ1) is 17.7. The molecule has 0 atom stereocenters. The fourth-order valence-corrected chi connectivity index (χ4v) is 9.29. The minimum absolute atomic E-state index is 0.0827. The van der Waals surface area contributed by atoms with Gasteiger partial charge in [0, 0.05) is 5.29 Å². The number of rotatable bonds is 7. The van der Waals surface area contributed by atoms with Crippen LogP contribution in [-0.2, 0) is 9.59 Å². The van der Waals surface area contributed by atoms with Crippen LogP contribution < -0.4 is 25.6 Å². The first-order valence-electron chi connectivity index (χ1n) is 12.2. The summed E-state index contributed by atoms with van der Waals surface area (Å²) in [6.07, 6.45) is 0.993. The Morgan fingerprint density at radius 2 is 1.17 bits per heavy atom. The summed E-state index contributed by atoms with van der Waals surface area (Å²) in [5.74, 6) is 0.292. The summed E-state index contributed by atoms with van der Waals surface area (Å²) in [5.41, 5.74) is 0.566. The van der Waals surface area contributed by atoms with Crippen LogP contribution in [0.5, 0.6) is 5.75 Å². The van der Waals surface area contributed by atoms with E-state index in [4.69, 9.17) is 4.74 Å². The average Bonchev–Trinajstić information content (AvgIpc) is 3.24. The molecule has 1 saturated heterocycles. The highest BCUT2D eigenvalue weighted by Crippen LogP contribution is 2.48. The molecule has 1 aliphatic heterocycles. The standard InChI is InChI=1S/C31H28NO3P/c1-2-22-35-25-20-18-24(19-21-25)32-30(33)23-29(31(32)34)36(26-12-6-3-7-13-26,27-14-8-4-9-15-27)28-16-10-5-11-17-28/h3-21H,2,22-23H2,1H3. The monoisotopic (exact) mass is 493 g/mol. The van der Waals surface area contributed by atoms with Gasteiger partial charge in [0.05, 0.1) is 18.7 Å². The van der Waals surface area contributed by atoms with E-state index in [9.17, 15) is 9.59 Å². The SMILES string of the molecule is CCCOc1ccc(N2C(=O)CC(=P(c3ccccc3)(c3ccccc3)c3ccccc3)C2=O)cc1. The van der Waals surface area contributed by atoms with E-state index in [1.54, 1.807) is 12.1 Å². The molecule has 1 aliphatic rings. The van der Waals surface area contributed by atoms with Gasteiger partial charge in [0.1, 0.15) is 5.75 Å². The Hall–Kier alpha value is -3.88. The van der Waals surface area contributed by atoms with E-state index in [0.717, 1.165) is 28.1 Å². The molecular weight excluding hydrogens is 465 g/mol. The maximum atomic E-state index is 14.2. The van der Waals surface area contributed by atoms with Crippen molar-refractivity contribution in [2.45, 2.75) is 19.8 Å². The highest BCUT2D eigenvalue weighted by atomic mass is 31.2. The van der Waals surface area contributed by atoms with Crippen molar-refractivity contribution in [1.29, 1.82) is 0 Å². The predicted molar refractivity (Wildman–Crippen MR) is 149 cm³/mol. The van der Waals surface area contributed by atoms with Crippen LogP contribution in [0.3, 0.4) is 0 Å². The molecule has 180 valence electrons. The van der Waals surface area contributed by atoms with E-state index in [0.29, 0.717) is 17.6 Å². The largest absolute Gasteiger partial charge is 0.494 e. The lowest BCUT2D eigenvalue weighted by atomic mass is 10.3. The van der Waals surface area contributed by atoms with Crippen LogP contribution in [0.25, 0.3) is 0 Å². The van der Waals surface area contributed by atoms with Crippen molar-refractivity contribution < 1.29 is 14.3 Å². The Labute approximate surface area is 212 Å². The van der Waals surface area contributed by atoms with Crippen LogP contribution in [0.15, 0.2) is 115 Å². The van der Waals surface area contributed by atoms with Crippen molar-refractivity contribution in [3.05, 3.63) is 115 Å². The molecule has 1 heterocycles. The number of imide groups is 1. The van der Waals surface area contributed by atoms with Crippen molar-refractivity contribution in [3.8, 4) is 5.75 Å². The molecule has 0 N–H and O–H groups in total. The molecule has 0 aliphatic carbocycles. The van der Waals surface area contributed by atoms with Gasteiger partial charge in [-0.15, -0.1) is 0 Å². The maximum Gasteiger partial charge on any atom is 0.262 e. The zero-order chi connectivity index (χ0) is 25.0. The molecule has 4 nitrogen and oxygen atoms in total. The molecule has 5 heteroatoms. The van der Waals surface area contributed by atoms with Crippen LogP contribution >= 0.6 is 6.89 Å². The van der Waals surface area contributed by atoms with Gasteiger partial charge in [-0.2, -0.15) is 0 Å². The van der Waals surface area contributed by atoms with Gasteiger partial charge in [0.15, 0.2) is 0 Å². The number of ether oxygens (including phenoxy) is 1. The molecule has 5 rings (SSSR count). The van der Waals surface area contributed by atoms with E-state index in [1.165, 1.54) is 4.90 Å². The molecule has 0 bridgehead atoms. The average molecular weight is 494 g/mol. The van der Waals surface area contributed by atoms with Gasteiger partial charge in [-0.05, 0) is 53.5 Å². The summed E-state index contributed by atoms with van der Waals surface area (Å²) >= 11 is 0. The fraction of sp³-hybridized carbons (Fsp3) is 0.129. The molecule has 4 aromatic rings. The van der Waals surface area contributed by atoms with Crippen LogP contribution in [-0.4, -0.2) is 23.7 Å². The van der Waals surface area contributed by atoms with Gasteiger partial charge < -0.3 is 4.74 Å². The molecule has 0 radical (unpaired) electrons. The van der Waals surface area contributed by atoms with Crippen molar-refractivity contribution in [3.63, 3.8) is 0 Å². The smallest absolute Gasteiger partial charge is 0.262 e. The molecule has 1 fully saturated rings. The third-order valence-corrected chi connectivity index (χ3v) is 10.8. The number of amides is 2. The lowest BCUT2D eigenvalue weighted by Gasteiger charge is -2.31. The maximum absolute atomic E-state index is 14.2. The number of benzene rings is 4. The van der Waals surface area contributed by atoms with Crippen molar-refractivity contribution in [2.24, 2.45) is 0 Å². The van der Waals surface area contributed by atoms with E-state index < -0.39 is 6.89 Å². The second kappa shape index (κ2) is 10.4. The second-order valence-corrected chi connectivity index (χ2v) is 12.1. The summed E-state index contributed by atoms with van der Waals surface area (Å²) < 4.78 is 5.69. The molecule has 2 amide bonds. The zero-order valence-electron chi connectivity index (χ0n) is 20.2. The minimum atomic E-state index is -2.60. The Balaban J connectivity index is 1.75. The minimum Gasteiger partial charge on any atom is -0.494 e. The van der Waals surface area contributed by atoms with Crippen molar-refractivity contribution >= 4 is 45.6 Å². The summed E-state index contributed by atoms with van der Waals surface area (Å²) in [7, 11) is 0. The second-order valence-electron chi connectivity index (χ2n) is 8.68. The molecule has 0 unspecified atom stereocenters. The molecule has 0 saturated carbocycles. The highest BCUT2D eigenvalue weighted by molar-refractivity contribution is 7.96. The van der Waals surface area contributed by atoms with Crippen LogP contribution in [0, 0.1) is 0 Å². The van der Waals surface area contributed by atoms with Crippen LogP contribution in [0.2, 0.25) is 0 Å². The highest BCUT2D eigenvalue weighted by Gasteiger charge is 2.43. The van der Waals surface area contributed by atoms with Gasteiger partial charge in [0.25, 0.3) is 5.91 Å². The van der Waals surface area contributed by atoms with E-state index in [-0.39, 0.29) is 18.2 Å². The van der Waals surface area contributed by atoms with Gasteiger partial charge in [0.2, 0.25) is 5.91 Å². The Bertz CT molecular complexity index is 1310. The van der Waals surface area contributed by atoms with E-state index in [1.807, 2.05) is 66.7 Å². The first-order valence-corrected chi connectivity index (χ1v) is 14.0. The lowest BCUT2D eigenvalue weighted by Crippen LogP contribution is -2.35. The first kappa shape index (κ1) is 23.8. The summed E-state index contributed by atoms with van der Waals surface area (Å²) in [6, 6.07) is 37.7. The topological polar surface area (TPSA) is 46.6 Å². The number of carbonyl (C=O) groups is 2. The van der Waals surface area contributed by atoms with Crippen LogP contribution in [0.4, 0.5) is 5.69 Å². The Morgan fingerprint density at radius 3 is 1.61 bits per heavy atom. The van der Waals surface area contributed by atoms with Gasteiger partial charge in [-0.25, -0.2) is 4.90 Å². The summed E-state index contributed by atoms with van der Waals surface area (Å²) in [4.78, 5) is 29.0. The predicted octanol–water partition coefficient (Wildman–Crippen LogP) is 4.91. The summed E-state index contributed by atoms with van der Waals surface area (Å²) in [5, 5.41) is 3.83. The molecule has 0 spiro atoms. The molecule has 36 heavy (non-hydrogen) atoms.